The van der Waals surface area contributed by atoms with Gasteiger partial charge in [-0.15, -0.1) is 11.3 Å². The molecule has 96 valence electrons. The topological polar surface area (TPSA) is 57.5 Å². The van der Waals surface area contributed by atoms with Crippen molar-refractivity contribution in [2.75, 3.05) is 0 Å². The van der Waals surface area contributed by atoms with Gasteiger partial charge in [-0.3, -0.25) is 4.79 Å². The lowest BCUT2D eigenvalue weighted by Gasteiger charge is -2.19. The molecule has 2 N–H and O–H groups in total. The van der Waals surface area contributed by atoms with Crippen LogP contribution in [0.2, 0.25) is 0 Å². The van der Waals surface area contributed by atoms with Crippen molar-refractivity contribution < 1.29 is 15.0 Å². The summed E-state index contributed by atoms with van der Waals surface area (Å²) in [6.07, 6.45) is 0.459. The van der Waals surface area contributed by atoms with Crippen LogP contribution in [0.5, 0.6) is 0 Å². The largest absolute Gasteiger partial charge is 0.481 e. The molecular weight excluding hydrogens is 248 g/mol. The Kier molecular flexibility index (Phi) is 3.41. The first-order chi connectivity index (χ1) is 8.44. The molecular formula is C14H16O3S. The molecule has 0 saturated heterocycles. The number of aliphatic carboxylic acids is 1. The van der Waals surface area contributed by atoms with Crippen LogP contribution in [0.3, 0.4) is 0 Å². The molecule has 0 atom stereocenters. The summed E-state index contributed by atoms with van der Waals surface area (Å²) in [7, 11) is 0. The van der Waals surface area contributed by atoms with Gasteiger partial charge in [0, 0.05) is 4.70 Å². The maximum Gasteiger partial charge on any atom is 0.309 e. The second-order valence-electron chi connectivity index (χ2n) is 5.12. The van der Waals surface area contributed by atoms with E-state index < -0.39 is 11.4 Å². The van der Waals surface area contributed by atoms with Crippen LogP contribution in [0.25, 0.3) is 10.1 Å². The minimum atomic E-state index is -0.807. The third-order valence-corrected chi connectivity index (χ3v) is 4.09. The van der Waals surface area contributed by atoms with Crippen molar-refractivity contribution >= 4 is 27.4 Å². The van der Waals surface area contributed by atoms with E-state index in [1.165, 1.54) is 0 Å². The Bertz CT molecular complexity index is 584. The van der Waals surface area contributed by atoms with Crippen LogP contribution in [-0.4, -0.2) is 16.2 Å². The molecule has 0 amide bonds. The molecule has 1 heterocycles. The van der Waals surface area contributed by atoms with Gasteiger partial charge >= 0.3 is 5.97 Å². The molecule has 0 spiro atoms. The first-order valence-electron chi connectivity index (χ1n) is 5.77. The van der Waals surface area contributed by atoms with E-state index in [1.807, 2.05) is 23.6 Å². The summed E-state index contributed by atoms with van der Waals surface area (Å²) in [5.74, 6) is -0.807. The molecule has 0 fully saturated rings. The maximum atomic E-state index is 11.1. The van der Waals surface area contributed by atoms with E-state index in [0.717, 1.165) is 21.2 Å². The zero-order chi connectivity index (χ0) is 13.3. The van der Waals surface area contributed by atoms with E-state index in [4.69, 9.17) is 5.11 Å². The molecule has 4 heteroatoms. The van der Waals surface area contributed by atoms with Crippen LogP contribution in [0.1, 0.15) is 25.0 Å². The average Bonchev–Trinajstić information content (AvgIpc) is 2.75. The van der Waals surface area contributed by atoms with Crippen molar-refractivity contribution in [1.82, 2.24) is 0 Å². The Morgan fingerprint density at radius 2 is 2.11 bits per heavy atom. The molecule has 0 aliphatic heterocycles. The van der Waals surface area contributed by atoms with Gasteiger partial charge < -0.3 is 10.2 Å². The third kappa shape index (κ3) is 2.40. The first-order valence-corrected chi connectivity index (χ1v) is 6.65. The number of rotatable bonds is 4. The predicted octanol–water partition coefficient (Wildman–Crippen LogP) is 3.05. The van der Waals surface area contributed by atoms with Gasteiger partial charge in [0.05, 0.1) is 12.0 Å². The Morgan fingerprint density at radius 3 is 2.72 bits per heavy atom. The fourth-order valence-corrected chi connectivity index (χ4v) is 2.92. The van der Waals surface area contributed by atoms with Gasteiger partial charge in [-0.05, 0) is 48.2 Å². The van der Waals surface area contributed by atoms with Crippen LogP contribution < -0.4 is 0 Å². The normalized spacial score (nSPS) is 11.9. The lowest BCUT2D eigenvalue weighted by atomic mass is 9.85. The zero-order valence-corrected chi connectivity index (χ0v) is 11.3. The number of fused-ring (bicyclic) bond motifs is 1. The fourth-order valence-electron chi connectivity index (χ4n) is 2.03. The van der Waals surface area contributed by atoms with Gasteiger partial charge in [0.15, 0.2) is 0 Å². The standard InChI is InChI=1S/C14H16O3S/c1-14(2,13(16)17)7-9-5-10-3-4-18-12(10)11(6-9)8-15/h3-6,15H,7-8H2,1-2H3,(H,16,17). The molecule has 2 aromatic rings. The van der Waals surface area contributed by atoms with E-state index in [2.05, 4.69) is 0 Å². The molecule has 0 saturated carbocycles. The summed E-state index contributed by atoms with van der Waals surface area (Å²) in [5.41, 5.74) is 1.03. The van der Waals surface area contributed by atoms with Gasteiger partial charge in [0.2, 0.25) is 0 Å². The minimum Gasteiger partial charge on any atom is -0.481 e. The quantitative estimate of drug-likeness (QED) is 0.892. The van der Waals surface area contributed by atoms with Crippen molar-refractivity contribution in [3.05, 3.63) is 34.7 Å². The third-order valence-electron chi connectivity index (χ3n) is 3.08. The Hall–Kier alpha value is -1.39. The number of carboxylic acid groups (broad SMARTS) is 1. The number of carboxylic acids is 1. The van der Waals surface area contributed by atoms with E-state index in [9.17, 15) is 9.90 Å². The minimum absolute atomic E-state index is 0.0155. The molecule has 0 radical (unpaired) electrons. The highest BCUT2D eigenvalue weighted by Gasteiger charge is 2.27. The summed E-state index contributed by atoms with van der Waals surface area (Å²) in [4.78, 5) is 11.1. The molecule has 0 bridgehead atoms. The molecule has 1 aromatic carbocycles. The number of hydrogen-bond acceptors (Lipinski definition) is 3. The van der Waals surface area contributed by atoms with Crippen molar-refractivity contribution in [2.45, 2.75) is 26.9 Å². The number of hydrogen-bond donors (Lipinski definition) is 2. The van der Waals surface area contributed by atoms with E-state index in [0.29, 0.717) is 6.42 Å². The average molecular weight is 264 g/mol. The summed E-state index contributed by atoms with van der Waals surface area (Å²) in [6.45, 7) is 3.41. The van der Waals surface area contributed by atoms with Crippen LogP contribution in [0, 0.1) is 5.41 Å². The lowest BCUT2D eigenvalue weighted by Crippen LogP contribution is -2.26. The highest BCUT2D eigenvalue weighted by atomic mass is 32.1. The molecule has 18 heavy (non-hydrogen) atoms. The molecule has 0 unspecified atom stereocenters. The lowest BCUT2D eigenvalue weighted by molar-refractivity contribution is -0.146. The van der Waals surface area contributed by atoms with Crippen molar-refractivity contribution in [3.8, 4) is 0 Å². The Labute approximate surface area is 110 Å². The van der Waals surface area contributed by atoms with Gasteiger partial charge in [-0.1, -0.05) is 12.1 Å². The van der Waals surface area contributed by atoms with E-state index in [1.54, 1.807) is 25.2 Å². The Balaban J connectivity index is 2.43. The number of benzene rings is 1. The first kappa shape index (κ1) is 13.1. The molecule has 3 nitrogen and oxygen atoms in total. The predicted molar refractivity (Wildman–Crippen MR) is 72.9 cm³/mol. The second-order valence-corrected chi connectivity index (χ2v) is 6.03. The molecule has 1 aromatic heterocycles. The number of carbonyl (C=O) groups is 1. The number of thiophene rings is 1. The summed E-state index contributed by atoms with van der Waals surface area (Å²) in [6, 6.07) is 5.91. The van der Waals surface area contributed by atoms with Crippen molar-refractivity contribution in [2.24, 2.45) is 5.41 Å². The van der Waals surface area contributed by atoms with Crippen LogP contribution in [0.4, 0.5) is 0 Å². The van der Waals surface area contributed by atoms with Gasteiger partial charge in [0.25, 0.3) is 0 Å². The highest BCUT2D eigenvalue weighted by Crippen LogP contribution is 2.30. The Morgan fingerprint density at radius 1 is 1.39 bits per heavy atom. The smallest absolute Gasteiger partial charge is 0.309 e. The second kappa shape index (κ2) is 4.71. The summed E-state index contributed by atoms with van der Waals surface area (Å²) < 4.78 is 1.08. The van der Waals surface area contributed by atoms with Crippen LogP contribution >= 0.6 is 11.3 Å². The maximum absolute atomic E-state index is 11.1. The van der Waals surface area contributed by atoms with Crippen LogP contribution in [0.15, 0.2) is 23.6 Å². The fraction of sp³-hybridized carbons (Fsp3) is 0.357. The highest BCUT2D eigenvalue weighted by molar-refractivity contribution is 7.17. The van der Waals surface area contributed by atoms with Crippen molar-refractivity contribution in [3.63, 3.8) is 0 Å². The number of aliphatic hydroxyl groups excluding tert-OH is 1. The molecule has 2 rings (SSSR count). The van der Waals surface area contributed by atoms with Gasteiger partial charge in [-0.25, -0.2) is 0 Å². The zero-order valence-electron chi connectivity index (χ0n) is 10.4. The SMILES string of the molecule is CC(C)(Cc1cc(CO)c2sccc2c1)C(=O)O. The monoisotopic (exact) mass is 264 g/mol. The summed E-state index contributed by atoms with van der Waals surface area (Å²) >= 11 is 1.60. The van der Waals surface area contributed by atoms with Crippen molar-refractivity contribution in [1.29, 1.82) is 0 Å². The van der Waals surface area contributed by atoms with Crippen LogP contribution in [-0.2, 0) is 17.8 Å². The molecule has 0 aliphatic rings. The molecule has 0 aliphatic carbocycles. The van der Waals surface area contributed by atoms with E-state index >= 15 is 0 Å². The number of aliphatic hydroxyl groups is 1. The summed E-state index contributed by atoms with van der Waals surface area (Å²) in [5, 5.41) is 21.6. The van der Waals surface area contributed by atoms with Gasteiger partial charge in [0.1, 0.15) is 0 Å². The van der Waals surface area contributed by atoms with E-state index in [-0.39, 0.29) is 6.61 Å². The van der Waals surface area contributed by atoms with Gasteiger partial charge in [-0.2, -0.15) is 0 Å².